The molecular formula is C10H14N2O2S. The highest BCUT2D eigenvalue weighted by Gasteiger charge is 2.28. The molecule has 0 bridgehead atoms. The number of methoxy groups -OCH3 is 1. The van der Waals surface area contributed by atoms with E-state index in [1.165, 1.54) is 11.3 Å². The Hall–Kier alpha value is -1.07. The molecule has 1 aromatic heterocycles. The van der Waals surface area contributed by atoms with Gasteiger partial charge in [0.25, 0.3) is 5.91 Å². The van der Waals surface area contributed by atoms with Crippen LogP contribution in [-0.4, -0.2) is 44.1 Å². The van der Waals surface area contributed by atoms with E-state index in [0.717, 1.165) is 13.1 Å². The standard InChI is InChI=1S/C10H14N2O2S/c1-12(7-5-11-6-7)10(13)9-8(14-2)3-4-15-9/h3-4,7,11H,5-6H2,1-2H3. The minimum Gasteiger partial charge on any atom is -0.495 e. The summed E-state index contributed by atoms with van der Waals surface area (Å²) >= 11 is 1.43. The van der Waals surface area contributed by atoms with Crippen LogP contribution in [-0.2, 0) is 0 Å². The molecule has 5 heteroatoms. The fourth-order valence-corrected chi connectivity index (χ4v) is 2.33. The van der Waals surface area contributed by atoms with Gasteiger partial charge in [-0.3, -0.25) is 4.79 Å². The molecule has 1 aromatic rings. The predicted octanol–water partition coefficient (Wildman–Crippen LogP) is 0.800. The Kier molecular flexibility index (Phi) is 2.93. The third-order valence-corrected chi connectivity index (χ3v) is 3.55. The maximum atomic E-state index is 12.0. The number of carbonyl (C=O) groups excluding carboxylic acids is 1. The lowest BCUT2D eigenvalue weighted by Crippen LogP contribution is -2.57. The number of rotatable bonds is 3. The average molecular weight is 226 g/mol. The van der Waals surface area contributed by atoms with Crippen LogP contribution < -0.4 is 10.1 Å². The summed E-state index contributed by atoms with van der Waals surface area (Å²) in [5.41, 5.74) is 0. The Morgan fingerprint density at radius 1 is 1.67 bits per heavy atom. The van der Waals surface area contributed by atoms with Crippen LogP contribution in [0, 0.1) is 0 Å². The number of carbonyl (C=O) groups is 1. The molecule has 1 N–H and O–H groups in total. The maximum absolute atomic E-state index is 12.0. The van der Waals surface area contributed by atoms with Gasteiger partial charge < -0.3 is 15.0 Å². The van der Waals surface area contributed by atoms with Gasteiger partial charge in [0.05, 0.1) is 13.2 Å². The van der Waals surface area contributed by atoms with Crippen LogP contribution >= 0.6 is 11.3 Å². The number of nitrogens with one attached hydrogen (secondary N) is 1. The van der Waals surface area contributed by atoms with Gasteiger partial charge in [-0.05, 0) is 11.4 Å². The number of hydrogen-bond donors (Lipinski definition) is 1. The SMILES string of the molecule is COc1ccsc1C(=O)N(C)C1CNC1. The summed E-state index contributed by atoms with van der Waals surface area (Å²) in [5.74, 6) is 0.720. The van der Waals surface area contributed by atoms with Crippen LogP contribution in [0.3, 0.4) is 0 Å². The normalized spacial score (nSPS) is 15.9. The van der Waals surface area contributed by atoms with Gasteiger partial charge in [0.1, 0.15) is 10.6 Å². The van der Waals surface area contributed by atoms with Crippen LogP contribution in [0.25, 0.3) is 0 Å². The predicted molar refractivity (Wildman–Crippen MR) is 59.6 cm³/mol. The zero-order valence-corrected chi connectivity index (χ0v) is 9.63. The molecule has 1 aliphatic heterocycles. The molecule has 0 saturated carbocycles. The summed E-state index contributed by atoms with van der Waals surface area (Å²) in [5, 5.41) is 5.02. The van der Waals surface area contributed by atoms with E-state index in [-0.39, 0.29) is 5.91 Å². The molecule has 0 radical (unpaired) electrons. The molecular weight excluding hydrogens is 212 g/mol. The lowest BCUT2D eigenvalue weighted by atomic mass is 10.1. The van der Waals surface area contributed by atoms with Crippen molar-refractivity contribution < 1.29 is 9.53 Å². The minimum absolute atomic E-state index is 0.0494. The summed E-state index contributed by atoms with van der Waals surface area (Å²) in [6.45, 7) is 1.77. The van der Waals surface area contributed by atoms with Gasteiger partial charge in [-0.1, -0.05) is 0 Å². The Labute approximate surface area is 92.8 Å². The minimum atomic E-state index is 0.0494. The molecule has 82 valence electrons. The van der Waals surface area contributed by atoms with Crippen LogP contribution in [0.5, 0.6) is 5.75 Å². The third kappa shape index (κ3) is 1.85. The second kappa shape index (κ2) is 4.20. The number of amides is 1. The maximum Gasteiger partial charge on any atom is 0.267 e. The third-order valence-electron chi connectivity index (χ3n) is 2.67. The second-order valence-corrected chi connectivity index (χ2v) is 4.46. The molecule has 1 fully saturated rings. The smallest absolute Gasteiger partial charge is 0.267 e. The molecule has 15 heavy (non-hydrogen) atoms. The van der Waals surface area contributed by atoms with Crippen molar-refractivity contribution in [3.05, 3.63) is 16.3 Å². The van der Waals surface area contributed by atoms with Crippen molar-refractivity contribution in [3.8, 4) is 5.75 Å². The Morgan fingerprint density at radius 2 is 2.40 bits per heavy atom. The van der Waals surface area contributed by atoms with Crippen LogP contribution in [0.15, 0.2) is 11.4 Å². The number of thiophene rings is 1. The van der Waals surface area contributed by atoms with E-state index in [9.17, 15) is 4.79 Å². The lowest BCUT2D eigenvalue weighted by molar-refractivity contribution is 0.0683. The van der Waals surface area contributed by atoms with Crippen molar-refractivity contribution in [1.82, 2.24) is 10.2 Å². The highest BCUT2D eigenvalue weighted by atomic mass is 32.1. The van der Waals surface area contributed by atoms with Gasteiger partial charge in [0.15, 0.2) is 0 Å². The van der Waals surface area contributed by atoms with Crippen LogP contribution in [0.1, 0.15) is 9.67 Å². The van der Waals surface area contributed by atoms with Crippen LogP contribution in [0.4, 0.5) is 0 Å². The van der Waals surface area contributed by atoms with E-state index in [0.29, 0.717) is 16.7 Å². The quantitative estimate of drug-likeness (QED) is 0.829. The van der Waals surface area contributed by atoms with Gasteiger partial charge in [0, 0.05) is 20.1 Å². The largest absolute Gasteiger partial charge is 0.495 e. The van der Waals surface area contributed by atoms with Gasteiger partial charge in [-0.2, -0.15) is 0 Å². The zero-order chi connectivity index (χ0) is 10.8. The van der Waals surface area contributed by atoms with Gasteiger partial charge in [-0.25, -0.2) is 0 Å². The molecule has 1 amide bonds. The number of likely N-dealkylation sites (N-methyl/N-ethyl adjacent to an activating group) is 1. The summed E-state index contributed by atoms with van der Waals surface area (Å²) in [7, 11) is 3.43. The molecule has 1 saturated heterocycles. The van der Waals surface area contributed by atoms with Crippen molar-refractivity contribution in [1.29, 1.82) is 0 Å². The molecule has 2 heterocycles. The zero-order valence-electron chi connectivity index (χ0n) is 8.82. The average Bonchev–Trinajstić information content (AvgIpc) is 2.61. The molecule has 0 aromatic carbocycles. The molecule has 1 aliphatic rings. The summed E-state index contributed by atoms with van der Waals surface area (Å²) in [4.78, 5) is 14.5. The van der Waals surface area contributed by atoms with Crippen molar-refractivity contribution in [2.75, 3.05) is 27.2 Å². The van der Waals surface area contributed by atoms with Crippen molar-refractivity contribution in [2.24, 2.45) is 0 Å². The van der Waals surface area contributed by atoms with E-state index >= 15 is 0 Å². The van der Waals surface area contributed by atoms with Crippen molar-refractivity contribution in [2.45, 2.75) is 6.04 Å². The first-order valence-corrected chi connectivity index (χ1v) is 5.71. The fourth-order valence-electron chi connectivity index (χ4n) is 1.49. The highest BCUT2D eigenvalue weighted by molar-refractivity contribution is 7.12. The number of nitrogens with zero attached hydrogens (tertiary/aromatic N) is 1. The molecule has 0 aliphatic carbocycles. The van der Waals surface area contributed by atoms with Crippen LogP contribution in [0.2, 0.25) is 0 Å². The van der Waals surface area contributed by atoms with E-state index < -0.39 is 0 Å². The van der Waals surface area contributed by atoms with E-state index in [1.54, 1.807) is 12.0 Å². The molecule has 2 rings (SSSR count). The first-order valence-electron chi connectivity index (χ1n) is 4.83. The Balaban J connectivity index is 2.12. The van der Waals surface area contributed by atoms with E-state index in [2.05, 4.69) is 5.32 Å². The number of ether oxygens (including phenoxy) is 1. The Morgan fingerprint density at radius 3 is 2.93 bits per heavy atom. The second-order valence-electron chi connectivity index (χ2n) is 3.55. The molecule has 4 nitrogen and oxygen atoms in total. The Bertz CT molecular complexity index is 360. The number of hydrogen-bond acceptors (Lipinski definition) is 4. The first-order chi connectivity index (χ1) is 7.24. The highest BCUT2D eigenvalue weighted by Crippen LogP contribution is 2.26. The van der Waals surface area contributed by atoms with Gasteiger partial charge >= 0.3 is 0 Å². The van der Waals surface area contributed by atoms with Crippen molar-refractivity contribution >= 4 is 17.2 Å². The fraction of sp³-hybridized carbons (Fsp3) is 0.500. The molecule has 0 spiro atoms. The molecule has 0 unspecified atom stereocenters. The summed E-state index contributed by atoms with van der Waals surface area (Å²) < 4.78 is 5.14. The van der Waals surface area contributed by atoms with E-state index in [4.69, 9.17) is 4.74 Å². The molecule has 0 atom stereocenters. The summed E-state index contributed by atoms with van der Waals surface area (Å²) in [6, 6.07) is 2.15. The monoisotopic (exact) mass is 226 g/mol. The summed E-state index contributed by atoms with van der Waals surface area (Å²) in [6.07, 6.45) is 0. The van der Waals surface area contributed by atoms with Crippen molar-refractivity contribution in [3.63, 3.8) is 0 Å². The van der Waals surface area contributed by atoms with E-state index in [1.807, 2.05) is 18.5 Å². The van der Waals surface area contributed by atoms with Gasteiger partial charge in [0.2, 0.25) is 0 Å². The van der Waals surface area contributed by atoms with Gasteiger partial charge in [-0.15, -0.1) is 11.3 Å². The topological polar surface area (TPSA) is 41.6 Å². The first kappa shape index (κ1) is 10.4. The lowest BCUT2D eigenvalue weighted by Gasteiger charge is -2.35.